The van der Waals surface area contributed by atoms with E-state index in [1.165, 1.54) is 0 Å². The van der Waals surface area contributed by atoms with Gasteiger partial charge in [-0.15, -0.1) is 0 Å². The van der Waals surface area contributed by atoms with E-state index in [4.69, 9.17) is 10.5 Å². The van der Waals surface area contributed by atoms with Crippen molar-refractivity contribution in [3.8, 4) is 0 Å². The zero-order chi connectivity index (χ0) is 14.6. The molecule has 2 atom stereocenters. The third-order valence-corrected chi connectivity index (χ3v) is 4.04. The summed E-state index contributed by atoms with van der Waals surface area (Å²) in [5.74, 6) is 0.703. The molecule has 2 unspecified atom stereocenters. The Bertz CT molecular complexity index is 303. The molecule has 0 aromatic carbocycles. The molecule has 0 aromatic heterocycles. The SMILES string of the molecule is CCOC(=O)C(N)(CN(C)C(C)CC(C)C)C1CC1. The van der Waals surface area contributed by atoms with E-state index in [1.807, 2.05) is 6.92 Å². The Balaban J connectivity index is 2.65. The molecule has 19 heavy (non-hydrogen) atoms. The van der Waals surface area contributed by atoms with Crippen molar-refractivity contribution in [2.75, 3.05) is 20.2 Å². The number of carbonyl (C=O) groups excluding carboxylic acids is 1. The van der Waals surface area contributed by atoms with Gasteiger partial charge in [0.2, 0.25) is 0 Å². The standard InChI is InChI=1S/C15H30N2O2/c1-6-19-14(18)15(16,13-7-8-13)10-17(5)12(4)9-11(2)3/h11-13H,6-10,16H2,1-5H3. The zero-order valence-corrected chi connectivity index (χ0v) is 13.1. The van der Waals surface area contributed by atoms with Crippen molar-refractivity contribution in [1.82, 2.24) is 4.90 Å². The molecule has 1 fully saturated rings. The predicted molar refractivity (Wildman–Crippen MR) is 77.8 cm³/mol. The number of likely N-dealkylation sites (N-methyl/N-ethyl adjacent to an activating group) is 1. The average molecular weight is 270 g/mol. The normalized spacial score (nSPS) is 20.4. The van der Waals surface area contributed by atoms with Gasteiger partial charge in [0.1, 0.15) is 5.54 Å². The quantitative estimate of drug-likeness (QED) is 0.686. The summed E-state index contributed by atoms with van der Waals surface area (Å²) in [5.41, 5.74) is 5.56. The lowest BCUT2D eigenvalue weighted by atomic mass is 9.92. The van der Waals surface area contributed by atoms with E-state index >= 15 is 0 Å². The highest BCUT2D eigenvalue weighted by atomic mass is 16.5. The minimum atomic E-state index is -0.823. The predicted octanol–water partition coefficient (Wildman–Crippen LogP) is 2.02. The van der Waals surface area contributed by atoms with Gasteiger partial charge in [0, 0.05) is 12.6 Å². The second-order valence-electron chi connectivity index (χ2n) is 6.43. The monoisotopic (exact) mass is 270 g/mol. The van der Waals surface area contributed by atoms with Crippen LogP contribution in [0.15, 0.2) is 0 Å². The molecular formula is C15H30N2O2. The molecule has 0 saturated heterocycles. The van der Waals surface area contributed by atoms with Gasteiger partial charge in [-0.25, -0.2) is 4.79 Å². The molecule has 0 aliphatic heterocycles. The average Bonchev–Trinajstić information content (AvgIpc) is 3.11. The highest BCUT2D eigenvalue weighted by molar-refractivity contribution is 5.82. The fraction of sp³-hybridized carbons (Fsp3) is 0.933. The summed E-state index contributed by atoms with van der Waals surface area (Å²) in [6.07, 6.45) is 3.20. The van der Waals surface area contributed by atoms with Crippen LogP contribution in [0.25, 0.3) is 0 Å². The highest BCUT2D eigenvalue weighted by Crippen LogP contribution is 2.39. The third kappa shape index (κ3) is 4.46. The molecule has 0 amide bonds. The maximum absolute atomic E-state index is 12.2. The van der Waals surface area contributed by atoms with Crippen molar-refractivity contribution in [3.05, 3.63) is 0 Å². The smallest absolute Gasteiger partial charge is 0.327 e. The van der Waals surface area contributed by atoms with E-state index in [0.717, 1.165) is 19.3 Å². The molecule has 112 valence electrons. The fourth-order valence-corrected chi connectivity index (χ4v) is 2.65. The topological polar surface area (TPSA) is 55.6 Å². The Labute approximate surface area is 117 Å². The summed E-state index contributed by atoms with van der Waals surface area (Å²) in [7, 11) is 2.05. The molecule has 1 aliphatic carbocycles. The van der Waals surface area contributed by atoms with Crippen LogP contribution in [0.5, 0.6) is 0 Å². The van der Waals surface area contributed by atoms with Crippen LogP contribution in [0.4, 0.5) is 0 Å². The van der Waals surface area contributed by atoms with Gasteiger partial charge in [-0.3, -0.25) is 0 Å². The van der Waals surface area contributed by atoms with Gasteiger partial charge in [0.25, 0.3) is 0 Å². The second-order valence-corrected chi connectivity index (χ2v) is 6.43. The lowest BCUT2D eigenvalue weighted by Gasteiger charge is -2.35. The second kappa shape index (κ2) is 6.71. The minimum absolute atomic E-state index is 0.235. The van der Waals surface area contributed by atoms with Crippen molar-refractivity contribution < 1.29 is 9.53 Å². The Hall–Kier alpha value is -0.610. The van der Waals surface area contributed by atoms with E-state index in [2.05, 4.69) is 32.7 Å². The lowest BCUT2D eigenvalue weighted by Crippen LogP contribution is -2.59. The number of ether oxygens (including phenoxy) is 1. The Morgan fingerprint density at radius 2 is 2.00 bits per heavy atom. The number of hydrogen-bond acceptors (Lipinski definition) is 4. The van der Waals surface area contributed by atoms with Gasteiger partial charge in [0.05, 0.1) is 6.61 Å². The molecule has 4 heteroatoms. The first kappa shape index (κ1) is 16.4. The van der Waals surface area contributed by atoms with E-state index < -0.39 is 5.54 Å². The van der Waals surface area contributed by atoms with Crippen LogP contribution >= 0.6 is 0 Å². The Kier molecular flexibility index (Phi) is 5.81. The lowest BCUT2D eigenvalue weighted by molar-refractivity contribution is -0.151. The highest BCUT2D eigenvalue weighted by Gasteiger charge is 2.50. The van der Waals surface area contributed by atoms with Gasteiger partial charge in [-0.05, 0) is 52.0 Å². The number of nitrogens with two attached hydrogens (primary N) is 1. The van der Waals surface area contributed by atoms with E-state index in [1.54, 1.807) is 0 Å². The van der Waals surface area contributed by atoms with E-state index in [-0.39, 0.29) is 5.97 Å². The van der Waals surface area contributed by atoms with Gasteiger partial charge < -0.3 is 15.4 Å². The molecule has 2 N–H and O–H groups in total. The molecule has 1 rings (SSSR count). The first-order valence-corrected chi connectivity index (χ1v) is 7.47. The molecule has 1 aliphatic rings. The molecule has 1 saturated carbocycles. The van der Waals surface area contributed by atoms with Crippen LogP contribution in [0.2, 0.25) is 0 Å². The van der Waals surface area contributed by atoms with Crippen LogP contribution in [0, 0.1) is 11.8 Å². The number of carbonyl (C=O) groups is 1. The summed E-state index contributed by atoms with van der Waals surface area (Å²) in [6.45, 7) is 9.44. The van der Waals surface area contributed by atoms with Crippen molar-refractivity contribution in [1.29, 1.82) is 0 Å². The van der Waals surface area contributed by atoms with Gasteiger partial charge in [-0.1, -0.05) is 13.8 Å². The van der Waals surface area contributed by atoms with Gasteiger partial charge >= 0.3 is 5.97 Å². The summed E-state index contributed by atoms with van der Waals surface area (Å²) in [6, 6.07) is 0.427. The molecule has 0 spiro atoms. The van der Waals surface area contributed by atoms with Crippen LogP contribution in [0.1, 0.15) is 47.0 Å². The zero-order valence-electron chi connectivity index (χ0n) is 13.1. The first-order chi connectivity index (χ1) is 8.81. The van der Waals surface area contributed by atoms with Gasteiger partial charge in [-0.2, -0.15) is 0 Å². The number of hydrogen-bond donors (Lipinski definition) is 1. The molecule has 0 heterocycles. The largest absolute Gasteiger partial charge is 0.465 e. The van der Waals surface area contributed by atoms with Crippen molar-refractivity contribution in [2.45, 2.75) is 58.5 Å². The summed E-state index contributed by atoms with van der Waals surface area (Å²) in [5, 5.41) is 0. The molecule has 0 bridgehead atoms. The van der Waals surface area contributed by atoms with Crippen LogP contribution < -0.4 is 5.73 Å². The summed E-state index contributed by atoms with van der Waals surface area (Å²) >= 11 is 0. The minimum Gasteiger partial charge on any atom is -0.465 e. The van der Waals surface area contributed by atoms with Crippen LogP contribution in [-0.2, 0) is 9.53 Å². The number of rotatable bonds is 8. The van der Waals surface area contributed by atoms with Crippen molar-refractivity contribution in [3.63, 3.8) is 0 Å². The van der Waals surface area contributed by atoms with E-state index in [9.17, 15) is 4.79 Å². The molecule has 0 aromatic rings. The van der Waals surface area contributed by atoms with Crippen molar-refractivity contribution in [2.24, 2.45) is 17.6 Å². The van der Waals surface area contributed by atoms with E-state index in [0.29, 0.717) is 31.0 Å². The third-order valence-electron chi connectivity index (χ3n) is 4.04. The Morgan fingerprint density at radius 1 is 1.42 bits per heavy atom. The number of esters is 1. The molecule has 0 radical (unpaired) electrons. The van der Waals surface area contributed by atoms with Crippen molar-refractivity contribution >= 4 is 5.97 Å². The Morgan fingerprint density at radius 3 is 2.42 bits per heavy atom. The van der Waals surface area contributed by atoms with Crippen LogP contribution in [0.3, 0.4) is 0 Å². The molecular weight excluding hydrogens is 240 g/mol. The number of nitrogens with zero attached hydrogens (tertiary/aromatic N) is 1. The molecule has 4 nitrogen and oxygen atoms in total. The van der Waals surface area contributed by atoms with Crippen LogP contribution in [-0.4, -0.2) is 42.6 Å². The first-order valence-electron chi connectivity index (χ1n) is 7.47. The maximum Gasteiger partial charge on any atom is 0.327 e. The fourth-order valence-electron chi connectivity index (χ4n) is 2.65. The maximum atomic E-state index is 12.2. The summed E-state index contributed by atoms with van der Waals surface area (Å²) < 4.78 is 5.18. The van der Waals surface area contributed by atoms with Gasteiger partial charge in [0.15, 0.2) is 0 Å². The summed E-state index contributed by atoms with van der Waals surface area (Å²) in [4.78, 5) is 14.4.